The fourth-order valence-electron chi connectivity index (χ4n) is 1.90. The molecule has 0 unspecified atom stereocenters. The lowest BCUT2D eigenvalue weighted by Gasteiger charge is -2.07. The van der Waals surface area contributed by atoms with E-state index >= 15 is 0 Å². The van der Waals surface area contributed by atoms with Crippen molar-refractivity contribution in [2.75, 3.05) is 6.61 Å². The Morgan fingerprint density at radius 3 is 2.90 bits per heavy atom. The number of rotatable bonds is 4. The van der Waals surface area contributed by atoms with Crippen LogP contribution in [0.5, 0.6) is 5.75 Å². The van der Waals surface area contributed by atoms with Crippen LogP contribution in [0.15, 0.2) is 42.6 Å². The van der Waals surface area contributed by atoms with E-state index in [-0.39, 0.29) is 0 Å². The number of aliphatic carboxylic acids is 1. The van der Waals surface area contributed by atoms with Gasteiger partial charge in [0.15, 0.2) is 12.3 Å². The highest BCUT2D eigenvalue weighted by Gasteiger charge is 2.11. The van der Waals surface area contributed by atoms with Gasteiger partial charge in [0.2, 0.25) is 0 Å². The van der Waals surface area contributed by atoms with Gasteiger partial charge < -0.3 is 14.8 Å². The molecule has 0 bridgehead atoms. The average molecular weight is 269 g/mol. The molecule has 0 fully saturated rings. The molecule has 0 aliphatic rings. The summed E-state index contributed by atoms with van der Waals surface area (Å²) < 4.78 is 5.27. The molecule has 2 heterocycles. The highest BCUT2D eigenvalue weighted by Crippen LogP contribution is 2.28. The van der Waals surface area contributed by atoms with Crippen molar-refractivity contribution in [3.05, 3.63) is 42.6 Å². The summed E-state index contributed by atoms with van der Waals surface area (Å²) in [6.07, 6.45) is 1.67. The molecule has 3 rings (SSSR count). The van der Waals surface area contributed by atoms with E-state index in [0.29, 0.717) is 22.8 Å². The van der Waals surface area contributed by atoms with Crippen LogP contribution in [-0.4, -0.2) is 32.6 Å². The van der Waals surface area contributed by atoms with Gasteiger partial charge in [-0.1, -0.05) is 12.1 Å². The van der Waals surface area contributed by atoms with Crippen LogP contribution in [0.1, 0.15) is 0 Å². The summed E-state index contributed by atoms with van der Waals surface area (Å²) in [4.78, 5) is 22.3. The van der Waals surface area contributed by atoms with Crippen molar-refractivity contribution in [3.8, 4) is 17.1 Å². The van der Waals surface area contributed by atoms with Crippen molar-refractivity contribution >= 4 is 17.1 Å². The number of imidazole rings is 1. The molecular weight excluding hydrogens is 258 g/mol. The first-order valence-corrected chi connectivity index (χ1v) is 5.99. The standard InChI is InChI=1S/C14H11N3O3/c18-12(19)8-20-11-6-2-1-4-9(11)13-16-10-5-3-7-15-14(10)17-13/h1-7H,8H2,(H,18,19)(H,15,16,17). The molecule has 6 nitrogen and oxygen atoms in total. The maximum Gasteiger partial charge on any atom is 0.341 e. The number of H-pyrrole nitrogens is 1. The van der Waals surface area contributed by atoms with E-state index in [9.17, 15) is 4.79 Å². The van der Waals surface area contributed by atoms with Gasteiger partial charge in [-0.3, -0.25) is 0 Å². The Bertz CT molecular complexity index is 734. The number of hydrogen-bond acceptors (Lipinski definition) is 4. The summed E-state index contributed by atoms with van der Waals surface area (Å²) in [6.45, 7) is -0.393. The predicted molar refractivity (Wildman–Crippen MR) is 72.5 cm³/mol. The number of fused-ring (bicyclic) bond motifs is 1. The molecular formula is C14H11N3O3. The van der Waals surface area contributed by atoms with E-state index in [1.165, 1.54) is 0 Å². The number of carboxylic acids is 1. The number of pyridine rings is 1. The van der Waals surface area contributed by atoms with Gasteiger partial charge in [0.05, 0.1) is 11.1 Å². The summed E-state index contributed by atoms with van der Waals surface area (Å²) in [5, 5.41) is 8.69. The summed E-state index contributed by atoms with van der Waals surface area (Å²) >= 11 is 0. The second-order valence-electron chi connectivity index (χ2n) is 4.14. The van der Waals surface area contributed by atoms with Crippen LogP contribution in [0.2, 0.25) is 0 Å². The summed E-state index contributed by atoms with van der Waals surface area (Å²) in [5.74, 6) is 0.0414. The van der Waals surface area contributed by atoms with Crippen LogP contribution in [-0.2, 0) is 4.79 Å². The van der Waals surface area contributed by atoms with E-state index in [0.717, 1.165) is 5.52 Å². The molecule has 0 amide bonds. The van der Waals surface area contributed by atoms with Gasteiger partial charge in [0.25, 0.3) is 0 Å². The molecule has 3 aromatic rings. The SMILES string of the molecule is O=C(O)COc1ccccc1-c1nc2ncccc2[nH]1. The minimum atomic E-state index is -1.02. The van der Waals surface area contributed by atoms with Crippen LogP contribution in [0.4, 0.5) is 0 Å². The molecule has 0 aliphatic heterocycles. The first-order chi connectivity index (χ1) is 9.74. The van der Waals surface area contributed by atoms with Crippen molar-refractivity contribution in [2.24, 2.45) is 0 Å². The molecule has 0 saturated heterocycles. The normalized spacial score (nSPS) is 10.6. The second kappa shape index (κ2) is 5.00. The molecule has 0 aliphatic carbocycles. The molecule has 20 heavy (non-hydrogen) atoms. The maximum absolute atomic E-state index is 10.6. The number of benzene rings is 1. The van der Waals surface area contributed by atoms with Gasteiger partial charge in [-0.05, 0) is 24.3 Å². The molecule has 0 saturated carbocycles. The first kappa shape index (κ1) is 12.2. The monoisotopic (exact) mass is 269 g/mol. The largest absolute Gasteiger partial charge is 0.481 e. The van der Waals surface area contributed by atoms with Gasteiger partial charge in [-0.2, -0.15) is 0 Å². The van der Waals surface area contributed by atoms with Gasteiger partial charge >= 0.3 is 5.97 Å². The average Bonchev–Trinajstić information content (AvgIpc) is 2.89. The molecule has 0 spiro atoms. The van der Waals surface area contributed by atoms with Crippen LogP contribution in [0.25, 0.3) is 22.6 Å². The fourth-order valence-corrected chi connectivity index (χ4v) is 1.90. The topological polar surface area (TPSA) is 88.1 Å². The molecule has 2 aromatic heterocycles. The van der Waals surface area contributed by atoms with E-state index < -0.39 is 12.6 Å². The summed E-state index contributed by atoms with van der Waals surface area (Å²) in [6, 6.07) is 10.8. The number of para-hydroxylation sites is 1. The van der Waals surface area contributed by atoms with Crippen LogP contribution in [0, 0.1) is 0 Å². The van der Waals surface area contributed by atoms with Gasteiger partial charge in [0, 0.05) is 6.20 Å². The summed E-state index contributed by atoms with van der Waals surface area (Å²) in [7, 11) is 0. The molecule has 2 N–H and O–H groups in total. The highest BCUT2D eigenvalue weighted by molar-refractivity contribution is 5.77. The maximum atomic E-state index is 10.6. The number of hydrogen-bond donors (Lipinski definition) is 2. The number of nitrogens with one attached hydrogen (secondary N) is 1. The van der Waals surface area contributed by atoms with Gasteiger partial charge in [-0.15, -0.1) is 0 Å². The van der Waals surface area contributed by atoms with E-state index in [4.69, 9.17) is 9.84 Å². The van der Waals surface area contributed by atoms with Crippen molar-refractivity contribution in [1.29, 1.82) is 0 Å². The Labute approximate surface area is 114 Å². The Morgan fingerprint density at radius 1 is 1.25 bits per heavy atom. The predicted octanol–water partition coefficient (Wildman–Crippen LogP) is 2.09. The molecule has 0 radical (unpaired) electrons. The van der Waals surface area contributed by atoms with Crippen molar-refractivity contribution in [1.82, 2.24) is 15.0 Å². The molecule has 6 heteroatoms. The molecule has 1 aromatic carbocycles. The Balaban J connectivity index is 2.02. The second-order valence-corrected chi connectivity index (χ2v) is 4.14. The van der Waals surface area contributed by atoms with E-state index in [1.54, 1.807) is 18.3 Å². The van der Waals surface area contributed by atoms with Crippen molar-refractivity contribution in [3.63, 3.8) is 0 Å². The van der Waals surface area contributed by atoms with Crippen LogP contribution < -0.4 is 4.74 Å². The number of nitrogens with zero attached hydrogens (tertiary/aromatic N) is 2. The van der Waals surface area contributed by atoms with Gasteiger partial charge in [0.1, 0.15) is 11.6 Å². The number of carbonyl (C=O) groups is 1. The lowest BCUT2D eigenvalue weighted by Crippen LogP contribution is -2.10. The number of aromatic nitrogens is 3. The molecule has 0 atom stereocenters. The Hall–Kier alpha value is -2.89. The minimum absolute atomic E-state index is 0.393. The minimum Gasteiger partial charge on any atom is -0.481 e. The zero-order valence-electron chi connectivity index (χ0n) is 10.4. The molecule has 100 valence electrons. The zero-order chi connectivity index (χ0) is 13.9. The van der Waals surface area contributed by atoms with Crippen molar-refractivity contribution < 1.29 is 14.6 Å². The quantitative estimate of drug-likeness (QED) is 0.757. The fraction of sp³-hybridized carbons (Fsp3) is 0.0714. The zero-order valence-corrected chi connectivity index (χ0v) is 10.4. The van der Waals surface area contributed by atoms with E-state index in [2.05, 4.69) is 15.0 Å². The van der Waals surface area contributed by atoms with E-state index in [1.807, 2.05) is 24.3 Å². The number of aromatic amines is 1. The highest BCUT2D eigenvalue weighted by atomic mass is 16.5. The third-order valence-corrected chi connectivity index (χ3v) is 2.75. The number of carboxylic acid groups (broad SMARTS) is 1. The van der Waals surface area contributed by atoms with Crippen molar-refractivity contribution in [2.45, 2.75) is 0 Å². The van der Waals surface area contributed by atoms with Crippen LogP contribution >= 0.6 is 0 Å². The lowest BCUT2D eigenvalue weighted by atomic mass is 10.2. The number of ether oxygens (including phenoxy) is 1. The Kier molecular flexibility index (Phi) is 3.04. The van der Waals surface area contributed by atoms with Crippen LogP contribution in [0.3, 0.4) is 0 Å². The first-order valence-electron chi connectivity index (χ1n) is 5.99. The third-order valence-electron chi connectivity index (χ3n) is 2.75. The Morgan fingerprint density at radius 2 is 2.10 bits per heavy atom. The lowest BCUT2D eigenvalue weighted by molar-refractivity contribution is -0.139. The smallest absolute Gasteiger partial charge is 0.341 e. The third kappa shape index (κ3) is 2.31. The summed E-state index contributed by atoms with van der Waals surface area (Å²) in [5.41, 5.74) is 2.12. The van der Waals surface area contributed by atoms with Gasteiger partial charge in [-0.25, -0.2) is 14.8 Å².